The Bertz CT molecular complexity index is 1750. The van der Waals surface area contributed by atoms with Crippen LogP contribution in [-0.2, 0) is 22.4 Å². The number of hydrogen-bond donors (Lipinski definition) is 4. The van der Waals surface area contributed by atoms with Crippen LogP contribution in [0.3, 0.4) is 0 Å². The molecule has 3 fully saturated rings. The van der Waals surface area contributed by atoms with E-state index in [2.05, 4.69) is 45.4 Å². The molecule has 2 saturated carbocycles. The zero-order chi connectivity index (χ0) is 33.7. The lowest BCUT2D eigenvalue weighted by molar-refractivity contribution is -0.125. The normalized spacial score (nSPS) is 22.4. The fourth-order valence-corrected chi connectivity index (χ4v) is 7.56. The molecular formula is C36H43N7O5. The summed E-state index contributed by atoms with van der Waals surface area (Å²) in [4.78, 5) is 56.7. The van der Waals surface area contributed by atoms with Crippen molar-refractivity contribution in [2.24, 2.45) is 23.7 Å². The summed E-state index contributed by atoms with van der Waals surface area (Å²) in [5.41, 5.74) is 3.33. The van der Waals surface area contributed by atoms with Gasteiger partial charge in [-0.2, -0.15) is 0 Å². The number of nitrogens with one attached hydrogen (secondary N) is 4. The number of rotatable bonds is 11. The summed E-state index contributed by atoms with van der Waals surface area (Å²) in [5.74, 6) is -0.00521. The van der Waals surface area contributed by atoms with Gasteiger partial charge in [0.15, 0.2) is 5.69 Å². The van der Waals surface area contributed by atoms with Crippen LogP contribution in [0.4, 0.5) is 16.2 Å². The molecule has 2 heterocycles. The minimum atomic E-state index is -1.15. The van der Waals surface area contributed by atoms with Gasteiger partial charge in [-0.25, -0.2) is 9.42 Å². The lowest BCUT2D eigenvalue weighted by Gasteiger charge is -2.37. The molecule has 3 atom stereocenters. The fourth-order valence-electron chi connectivity index (χ4n) is 7.56. The Morgan fingerprint density at radius 2 is 1.67 bits per heavy atom. The van der Waals surface area contributed by atoms with Crippen molar-refractivity contribution in [1.82, 2.24) is 25.8 Å². The summed E-state index contributed by atoms with van der Waals surface area (Å²) < 4.78 is 4.74. The summed E-state index contributed by atoms with van der Waals surface area (Å²) in [6, 6.07) is 12.2. The molecule has 12 heteroatoms. The molecule has 1 aromatic heterocycles. The lowest BCUT2D eigenvalue weighted by atomic mass is 9.88. The third-order valence-corrected chi connectivity index (χ3v) is 10.7. The van der Waals surface area contributed by atoms with E-state index >= 15 is 0 Å². The van der Waals surface area contributed by atoms with Gasteiger partial charge in [-0.1, -0.05) is 43.3 Å². The van der Waals surface area contributed by atoms with Crippen LogP contribution in [0.1, 0.15) is 72.4 Å². The molecule has 1 saturated heterocycles. The Balaban J connectivity index is 1.15. The van der Waals surface area contributed by atoms with E-state index < -0.39 is 17.5 Å². The molecule has 3 aliphatic carbocycles. The van der Waals surface area contributed by atoms with Gasteiger partial charge in [-0.15, -0.1) is 0 Å². The van der Waals surface area contributed by atoms with Crippen molar-refractivity contribution >= 4 is 35.1 Å². The first-order valence-corrected chi connectivity index (χ1v) is 17.0. The Hall–Kier alpha value is -4.74. The quantitative estimate of drug-likeness (QED) is 0.239. The summed E-state index contributed by atoms with van der Waals surface area (Å²) in [7, 11) is 0. The number of nitrogens with zero attached hydrogens (tertiary/aromatic N) is 3. The second kappa shape index (κ2) is 12.4. The largest absolute Gasteiger partial charge is 0.338 e. The molecule has 4 N–H and O–H groups in total. The minimum absolute atomic E-state index is 0.0314. The number of amides is 5. The standard InChI is InChI=1S/C36H43N7O5/c1-19(2)28-18-43(35(47)39-28)36(34(46)38-27-8-6-5-7-20(27)3)16-24-13-14-26(15-25(24)17-36)37-33(45)31(29(22-9-10-22)23-11-12-23)40-32(44)30-21(4)41-48-42-30/h5-8,13-15,19,22-23,28-29,31H,9-12,16-18H2,1-4H3,(H,37,45)(H,38,46)(H,39,47)(H,40,44)/t28-,31-,36?/m0/s1. The summed E-state index contributed by atoms with van der Waals surface area (Å²) >= 11 is 0. The highest BCUT2D eigenvalue weighted by molar-refractivity contribution is 6.03. The molecule has 0 spiro atoms. The number of para-hydroxylation sites is 1. The van der Waals surface area contributed by atoms with E-state index in [0.29, 0.717) is 48.3 Å². The third-order valence-electron chi connectivity index (χ3n) is 10.7. The highest BCUT2D eigenvalue weighted by Crippen LogP contribution is 2.51. The Kier molecular flexibility index (Phi) is 8.21. The topological polar surface area (TPSA) is 159 Å². The highest BCUT2D eigenvalue weighted by Gasteiger charge is 2.54. The van der Waals surface area contributed by atoms with E-state index in [0.717, 1.165) is 42.4 Å². The van der Waals surface area contributed by atoms with E-state index in [1.165, 1.54) is 0 Å². The molecule has 4 aliphatic rings. The van der Waals surface area contributed by atoms with Crippen molar-refractivity contribution in [2.45, 2.75) is 83.8 Å². The van der Waals surface area contributed by atoms with E-state index in [1.54, 1.807) is 11.8 Å². The Morgan fingerprint density at radius 3 is 2.29 bits per heavy atom. The zero-order valence-electron chi connectivity index (χ0n) is 27.8. The molecule has 0 bridgehead atoms. The first-order chi connectivity index (χ1) is 23.0. The number of aromatic nitrogens is 2. The predicted molar refractivity (Wildman–Crippen MR) is 178 cm³/mol. The number of hydrogen-bond acceptors (Lipinski definition) is 7. The van der Waals surface area contributed by atoms with Gasteiger partial charge < -0.3 is 26.2 Å². The lowest BCUT2D eigenvalue weighted by Crippen LogP contribution is -2.59. The maximum absolute atomic E-state index is 14.3. The van der Waals surface area contributed by atoms with E-state index in [9.17, 15) is 19.2 Å². The van der Waals surface area contributed by atoms with Gasteiger partial charge in [0.05, 0.1) is 6.04 Å². The summed E-state index contributed by atoms with van der Waals surface area (Å²) in [6.45, 7) is 8.11. The average molecular weight is 654 g/mol. The maximum Gasteiger partial charge on any atom is 0.318 e. The van der Waals surface area contributed by atoms with E-state index in [-0.39, 0.29) is 41.4 Å². The van der Waals surface area contributed by atoms with Crippen LogP contribution < -0.4 is 21.3 Å². The van der Waals surface area contributed by atoms with E-state index in [1.807, 2.05) is 49.4 Å². The highest BCUT2D eigenvalue weighted by atomic mass is 16.6. The van der Waals surface area contributed by atoms with Crippen molar-refractivity contribution in [3.05, 3.63) is 70.5 Å². The average Bonchev–Trinajstić information content (AvgIpc) is 3.95. The van der Waals surface area contributed by atoms with E-state index in [4.69, 9.17) is 4.63 Å². The minimum Gasteiger partial charge on any atom is -0.338 e. The van der Waals surface area contributed by atoms with Crippen LogP contribution in [0.25, 0.3) is 0 Å². The molecule has 0 radical (unpaired) electrons. The van der Waals surface area contributed by atoms with Crippen LogP contribution in [0, 0.1) is 37.5 Å². The van der Waals surface area contributed by atoms with Crippen LogP contribution in [-0.4, -0.2) is 63.1 Å². The molecule has 5 amide bonds. The maximum atomic E-state index is 14.3. The molecular weight excluding hydrogens is 610 g/mol. The van der Waals surface area contributed by atoms with Crippen molar-refractivity contribution in [3.8, 4) is 0 Å². The predicted octanol–water partition coefficient (Wildman–Crippen LogP) is 4.39. The number of aryl methyl sites for hydroxylation is 2. The van der Waals surface area contributed by atoms with Gasteiger partial charge in [0, 0.05) is 30.8 Å². The second-order valence-electron chi connectivity index (χ2n) is 14.4. The van der Waals surface area contributed by atoms with Gasteiger partial charge in [0.25, 0.3) is 11.8 Å². The van der Waals surface area contributed by atoms with Crippen LogP contribution >= 0.6 is 0 Å². The fraction of sp³-hybridized carbons (Fsp3) is 0.500. The molecule has 12 nitrogen and oxygen atoms in total. The summed E-state index contributed by atoms with van der Waals surface area (Å²) in [6.07, 6.45) is 4.81. The zero-order valence-corrected chi connectivity index (χ0v) is 27.8. The molecule has 48 heavy (non-hydrogen) atoms. The first-order valence-electron chi connectivity index (χ1n) is 17.0. The number of anilines is 2. The smallest absolute Gasteiger partial charge is 0.318 e. The monoisotopic (exact) mass is 653 g/mol. The van der Waals surface area contributed by atoms with Crippen LogP contribution in [0.15, 0.2) is 47.1 Å². The SMILES string of the molecule is Cc1ccccc1NC(=O)C1(N2C[C@@H](C(C)C)NC2=O)Cc2ccc(NC(=O)[C@@H](NC(=O)c3nonc3C)C(C3CC3)C3CC3)cc2C1. The molecule has 3 aromatic rings. The third kappa shape index (κ3) is 6.04. The number of benzene rings is 2. The van der Waals surface area contributed by atoms with Crippen LogP contribution in [0.5, 0.6) is 0 Å². The van der Waals surface area contributed by atoms with Crippen molar-refractivity contribution < 1.29 is 23.8 Å². The van der Waals surface area contributed by atoms with Gasteiger partial charge in [0.2, 0.25) is 5.91 Å². The van der Waals surface area contributed by atoms with Gasteiger partial charge in [-0.05, 0) is 103 Å². The van der Waals surface area contributed by atoms with Crippen molar-refractivity contribution in [1.29, 1.82) is 0 Å². The Labute approximate surface area is 279 Å². The number of carbonyl (C=O) groups is 4. The Morgan fingerprint density at radius 1 is 0.958 bits per heavy atom. The van der Waals surface area contributed by atoms with Gasteiger partial charge in [-0.3, -0.25) is 14.4 Å². The molecule has 7 rings (SSSR count). The van der Waals surface area contributed by atoms with Crippen molar-refractivity contribution in [3.63, 3.8) is 0 Å². The number of urea groups is 1. The van der Waals surface area contributed by atoms with Gasteiger partial charge >= 0.3 is 6.03 Å². The number of carbonyl (C=O) groups excluding carboxylic acids is 4. The molecule has 1 unspecified atom stereocenters. The first kappa shape index (κ1) is 31.8. The van der Waals surface area contributed by atoms with Crippen LogP contribution in [0.2, 0.25) is 0 Å². The second-order valence-corrected chi connectivity index (χ2v) is 14.4. The molecule has 1 aliphatic heterocycles. The van der Waals surface area contributed by atoms with Crippen molar-refractivity contribution in [2.75, 3.05) is 17.2 Å². The number of fused-ring (bicyclic) bond motifs is 1. The molecule has 2 aromatic carbocycles. The summed E-state index contributed by atoms with van der Waals surface area (Å²) in [5, 5.41) is 19.7. The molecule has 252 valence electrons. The van der Waals surface area contributed by atoms with Gasteiger partial charge in [0.1, 0.15) is 17.3 Å².